The number of rotatable bonds is 6. The van der Waals surface area contributed by atoms with E-state index in [1.807, 2.05) is 40.0 Å². The highest BCUT2D eigenvalue weighted by atomic mass is 127. The number of halogens is 1. The van der Waals surface area contributed by atoms with Crippen LogP contribution < -0.4 is 9.64 Å². The van der Waals surface area contributed by atoms with Crippen LogP contribution in [0.4, 0.5) is 11.5 Å². The first-order valence-electron chi connectivity index (χ1n) is 13.3. The second kappa shape index (κ2) is 10.5. The topological polar surface area (TPSA) is 97.6 Å². The number of aryl methyl sites for hydroxylation is 2. The van der Waals surface area contributed by atoms with Crippen molar-refractivity contribution in [2.45, 2.75) is 71.8 Å². The molecule has 3 aromatic rings. The van der Waals surface area contributed by atoms with Gasteiger partial charge < -0.3 is 9.84 Å². The van der Waals surface area contributed by atoms with Gasteiger partial charge in [-0.1, -0.05) is 19.8 Å². The van der Waals surface area contributed by atoms with Gasteiger partial charge in [0.2, 0.25) is 0 Å². The Kier molecular flexibility index (Phi) is 7.35. The zero-order valence-electron chi connectivity index (χ0n) is 22.9. The largest absolute Gasteiger partial charge is 0.481 e. The number of aliphatic carboxylic acids is 1. The highest BCUT2D eigenvalue weighted by Gasteiger charge is 2.42. The number of fused-ring (bicyclic) bond motifs is 1. The lowest BCUT2D eigenvalue weighted by Crippen LogP contribution is -2.41. The summed E-state index contributed by atoms with van der Waals surface area (Å²) in [5.74, 6) is 5.23. The molecule has 5 rings (SSSR count). The van der Waals surface area contributed by atoms with Crippen LogP contribution >= 0.6 is 22.6 Å². The molecule has 0 aliphatic heterocycles. The molecule has 2 aromatic heterocycles. The summed E-state index contributed by atoms with van der Waals surface area (Å²) in [4.78, 5) is 31.7. The van der Waals surface area contributed by atoms with E-state index in [2.05, 4.69) is 51.7 Å². The lowest BCUT2D eigenvalue weighted by molar-refractivity contribution is -0.149. The summed E-state index contributed by atoms with van der Waals surface area (Å²) >= 11 is 2.34. The van der Waals surface area contributed by atoms with Gasteiger partial charge in [-0.15, -0.1) is 5.10 Å². The molecule has 2 aliphatic carbocycles. The van der Waals surface area contributed by atoms with Crippen molar-refractivity contribution in [1.82, 2.24) is 14.8 Å². The molecule has 0 spiro atoms. The second-order valence-electron chi connectivity index (χ2n) is 11.3. The van der Waals surface area contributed by atoms with Crippen molar-refractivity contribution < 1.29 is 19.4 Å². The molecule has 2 aliphatic rings. The number of ether oxygens (including phenoxy) is 1. The van der Waals surface area contributed by atoms with Gasteiger partial charge in [0.25, 0.3) is 5.88 Å². The number of nitrogens with zero attached hydrogens (tertiary/aromatic N) is 4. The molecule has 2 heterocycles. The number of aromatic nitrogens is 3. The maximum Gasteiger partial charge on any atom is 0.308 e. The normalized spacial score (nSPS) is 20.3. The molecule has 204 valence electrons. The van der Waals surface area contributed by atoms with E-state index in [4.69, 9.17) is 9.72 Å². The minimum Gasteiger partial charge on any atom is -0.481 e. The fourth-order valence-corrected chi connectivity index (χ4v) is 6.18. The third kappa shape index (κ3) is 5.36. The Hall–Kier alpha value is -3.13. The van der Waals surface area contributed by atoms with Crippen LogP contribution in [0.15, 0.2) is 24.3 Å². The molecule has 0 radical (unpaired) electrons. The maximum absolute atomic E-state index is 13.4. The van der Waals surface area contributed by atoms with Gasteiger partial charge in [0.1, 0.15) is 11.9 Å². The summed E-state index contributed by atoms with van der Waals surface area (Å²) in [7, 11) is 1.83. The first-order valence-corrected chi connectivity index (χ1v) is 14.4. The van der Waals surface area contributed by atoms with E-state index in [-0.39, 0.29) is 12.0 Å². The van der Waals surface area contributed by atoms with Gasteiger partial charge >= 0.3 is 11.9 Å². The number of amides is 1. The van der Waals surface area contributed by atoms with Crippen molar-refractivity contribution in [2.24, 2.45) is 18.4 Å². The van der Waals surface area contributed by atoms with Crippen LogP contribution in [0.3, 0.4) is 0 Å². The number of pyridine rings is 1. The van der Waals surface area contributed by atoms with Crippen LogP contribution in [-0.2, 0) is 16.6 Å². The van der Waals surface area contributed by atoms with Crippen LogP contribution in [0.5, 0.6) is 5.88 Å². The fourth-order valence-electron chi connectivity index (χ4n) is 5.69. The van der Waals surface area contributed by atoms with Gasteiger partial charge in [0.05, 0.1) is 17.1 Å². The molecule has 1 N–H and O–H groups in total. The molecule has 9 heteroatoms. The molecule has 2 atom stereocenters. The Morgan fingerprint density at radius 1 is 1.21 bits per heavy atom. The Morgan fingerprint density at radius 3 is 2.59 bits per heavy atom. The van der Waals surface area contributed by atoms with Crippen molar-refractivity contribution in [3.05, 3.63) is 39.0 Å². The third-order valence-electron chi connectivity index (χ3n) is 7.93. The molecule has 2 fully saturated rings. The minimum atomic E-state index is -0.760. The number of hydrogen-bond donors (Lipinski definition) is 1. The van der Waals surface area contributed by atoms with Crippen LogP contribution in [0.1, 0.15) is 69.9 Å². The van der Waals surface area contributed by atoms with E-state index in [0.29, 0.717) is 42.4 Å². The van der Waals surface area contributed by atoms with Crippen molar-refractivity contribution >= 4 is 57.0 Å². The molecule has 0 bridgehead atoms. The van der Waals surface area contributed by atoms with Crippen LogP contribution in [0.2, 0.25) is 0 Å². The molecule has 8 nitrogen and oxygen atoms in total. The van der Waals surface area contributed by atoms with E-state index in [9.17, 15) is 14.7 Å². The van der Waals surface area contributed by atoms with Crippen LogP contribution in [-0.4, -0.2) is 37.9 Å². The average molecular weight is 641 g/mol. The number of hydrogen-bond acceptors (Lipinski definition) is 5. The summed E-state index contributed by atoms with van der Waals surface area (Å²) in [6.07, 6.45) is 3.79. The molecule has 1 amide bonds. The average Bonchev–Trinajstić information content (AvgIpc) is 3.66. The molecule has 0 unspecified atom stereocenters. The highest BCUT2D eigenvalue weighted by molar-refractivity contribution is 14.1. The maximum atomic E-state index is 13.4. The van der Waals surface area contributed by atoms with E-state index < -0.39 is 17.3 Å². The van der Waals surface area contributed by atoms with Gasteiger partial charge in [-0.05, 0) is 121 Å². The monoisotopic (exact) mass is 640 g/mol. The Balaban J connectivity index is 1.55. The van der Waals surface area contributed by atoms with Crippen molar-refractivity contribution in [1.29, 1.82) is 0 Å². The number of carbonyl (C=O) groups is 2. The Morgan fingerprint density at radius 2 is 1.95 bits per heavy atom. The summed E-state index contributed by atoms with van der Waals surface area (Å²) < 4.78 is 9.27. The zero-order valence-corrected chi connectivity index (χ0v) is 25.1. The van der Waals surface area contributed by atoms with E-state index in [1.165, 1.54) is 3.57 Å². The highest BCUT2D eigenvalue weighted by Crippen LogP contribution is 2.47. The first kappa shape index (κ1) is 27.4. The standard InChI is InChI=1S/C30H33IN4O4/c1-6-7-26(36)35(24-14-17(2)22(31)15-20(24)18-8-9-18)25-13-12-23-27(32-25)28(33-34(23)5)39-19-10-11-21(29(37)38)30(3,4)16-19/h12-15,18-19,21H,8-11,16H2,1-5H3,(H,37,38)/t19-,21+/m0/s1. The SMILES string of the molecule is CC#CC(=O)N(c1ccc2c(n1)c(O[C@H]1CC[C@H](C(=O)O)C(C)(C)C1)nn2C)c1cc(C)c(I)cc1C1CC1. The fraction of sp³-hybridized carbons (Fsp3) is 0.467. The molecule has 1 aromatic carbocycles. The van der Waals surface area contributed by atoms with Crippen molar-refractivity contribution in [2.75, 3.05) is 4.90 Å². The number of carboxylic acid groups (broad SMARTS) is 1. The Labute approximate surface area is 242 Å². The Bertz CT molecular complexity index is 1530. The molecule has 2 saturated carbocycles. The quantitative estimate of drug-likeness (QED) is 0.258. The predicted octanol–water partition coefficient (Wildman–Crippen LogP) is 6.11. The number of carboxylic acids is 1. The van der Waals surface area contributed by atoms with Gasteiger partial charge in [-0.2, -0.15) is 0 Å². The third-order valence-corrected chi connectivity index (χ3v) is 9.09. The molecular formula is C30H33IN4O4. The molecule has 0 saturated heterocycles. The van der Waals surface area contributed by atoms with Crippen LogP contribution in [0.25, 0.3) is 11.0 Å². The summed E-state index contributed by atoms with van der Waals surface area (Å²) in [5.41, 5.74) is 3.98. The minimum absolute atomic E-state index is 0.178. The van der Waals surface area contributed by atoms with Gasteiger partial charge in [0, 0.05) is 10.6 Å². The zero-order chi connectivity index (χ0) is 28.1. The number of carbonyl (C=O) groups excluding carboxylic acids is 1. The summed E-state index contributed by atoms with van der Waals surface area (Å²) in [5, 5.41) is 14.2. The first-order chi connectivity index (χ1) is 18.5. The number of anilines is 2. The van der Waals surface area contributed by atoms with Gasteiger partial charge in [-0.3, -0.25) is 19.2 Å². The second-order valence-corrected chi connectivity index (χ2v) is 12.5. The van der Waals surface area contributed by atoms with Crippen molar-refractivity contribution in [3.8, 4) is 17.7 Å². The van der Waals surface area contributed by atoms with Crippen molar-refractivity contribution in [3.63, 3.8) is 0 Å². The van der Waals surface area contributed by atoms with Gasteiger partial charge in [-0.25, -0.2) is 4.98 Å². The number of benzene rings is 1. The molecule has 39 heavy (non-hydrogen) atoms. The van der Waals surface area contributed by atoms with E-state index in [0.717, 1.165) is 35.2 Å². The smallest absolute Gasteiger partial charge is 0.308 e. The van der Waals surface area contributed by atoms with E-state index in [1.54, 1.807) is 16.5 Å². The lowest BCUT2D eigenvalue weighted by Gasteiger charge is -2.39. The lowest BCUT2D eigenvalue weighted by atomic mass is 9.68. The van der Waals surface area contributed by atoms with E-state index >= 15 is 0 Å². The molecular weight excluding hydrogens is 607 g/mol. The van der Waals surface area contributed by atoms with Gasteiger partial charge in [0.15, 0.2) is 5.52 Å². The van der Waals surface area contributed by atoms with Crippen LogP contribution in [0, 0.1) is 33.7 Å². The summed E-state index contributed by atoms with van der Waals surface area (Å²) in [6.45, 7) is 7.65. The summed E-state index contributed by atoms with van der Waals surface area (Å²) in [6, 6.07) is 7.96. The predicted molar refractivity (Wildman–Crippen MR) is 158 cm³/mol.